The van der Waals surface area contributed by atoms with E-state index in [4.69, 9.17) is 9.84 Å². The van der Waals surface area contributed by atoms with Crippen molar-refractivity contribution in [3.05, 3.63) is 29.6 Å². The summed E-state index contributed by atoms with van der Waals surface area (Å²) >= 11 is 0. The zero-order valence-corrected chi connectivity index (χ0v) is 10.8. The van der Waals surface area contributed by atoms with Gasteiger partial charge in [-0.15, -0.1) is 0 Å². The van der Waals surface area contributed by atoms with Gasteiger partial charge in [-0.1, -0.05) is 6.07 Å². The van der Waals surface area contributed by atoms with Crippen LogP contribution in [0.1, 0.15) is 18.4 Å². The molecule has 0 spiro atoms. The maximum atomic E-state index is 13.8. The number of hydrogen-bond acceptors (Lipinski definition) is 4. The molecule has 0 aromatic heterocycles. The Morgan fingerprint density at radius 1 is 1.50 bits per heavy atom. The predicted octanol–water partition coefficient (Wildman–Crippen LogP) is 1.40. The van der Waals surface area contributed by atoms with Crippen molar-refractivity contribution in [3.8, 4) is 5.75 Å². The number of hydrazone groups is 1. The Kier molecular flexibility index (Phi) is 3.97. The molecule has 106 valence electrons. The molecule has 6 nitrogen and oxygen atoms in total. The molecule has 0 unspecified atom stereocenters. The molecule has 1 N–H and O–H groups in total. The topological polar surface area (TPSA) is 79.2 Å². The van der Waals surface area contributed by atoms with E-state index >= 15 is 0 Å². The van der Waals surface area contributed by atoms with E-state index in [1.807, 2.05) is 0 Å². The molecule has 1 aliphatic heterocycles. The number of rotatable bonds is 4. The van der Waals surface area contributed by atoms with Crippen molar-refractivity contribution in [2.24, 2.45) is 5.10 Å². The maximum Gasteiger partial charge on any atom is 0.352 e. The molecule has 0 saturated heterocycles. The van der Waals surface area contributed by atoms with Gasteiger partial charge in [-0.05, 0) is 6.07 Å². The molecular weight excluding hydrogens is 267 g/mol. The summed E-state index contributed by atoms with van der Waals surface area (Å²) in [6, 6.07) is 4.24. The molecule has 1 aromatic rings. The van der Waals surface area contributed by atoms with Gasteiger partial charge < -0.3 is 9.84 Å². The number of methoxy groups -OCH3 is 1. The van der Waals surface area contributed by atoms with Crippen LogP contribution in [0.3, 0.4) is 0 Å². The second-order valence-electron chi connectivity index (χ2n) is 4.26. The first kappa shape index (κ1) is 14.0. The van der Waals surface area contributed by atoms with Crippen molar-refractivity contribution in [3.63, 3.8) is 0 Å². The van der Waals surface area contributed by atoms with Gasteiger partial charge >= 0.3 is 5.97 Å². The van der Waals surface area contributed by atoms with E-state index in [2.05, 4.69) is 5.10 Å². The van der Waals surface area contributed by atoms with Crippen molar-refractivity contribution in [2.75, 3.05) is 7.11 Å². The molecule has 0 atom stereocenters. The van der Waals surface area contributed by atoms with Crippen molar-refractivity contribution in [1.29, 1.82) is 0 Å². The minimum absolute atomic E-state index is 0.0584. The smallest absolute Gasteiger partial charge is 0.352 e. The van der Waals surface area contributed by atoms with Gasteiger partial charge in [0.25, 0.3) is 0 Å². The molecule has 2 rings (SSSR count). The first-order valence-corrected chi connectivity index (χ1v) is 5.95. The van der Waals surface area contributed by atoms with Crippen LogP contribution < -0.4 is 4.74 Å². The summed E-state index contributed by atoms with van der Waals surface area (Å²) in [5.41, 5.74) is 0.146. The fraction of sp³-hybridized carbons (Fsp3) is 0.308. The zero-order chi connectivity index (χ0) is 14.7. The molecule has 20 heavy (non-hydrogen) atoms. The Bertz CT molecular complexity index is 586. The molecule has 7 heteroatoms. The molecule has 0 saturated carbocycles. The predicted molar refractivity (Wildman–Crippen MR) is 67.8 cm³/mol. The number of carbonyl (C=O) groups is 2. The molecule has 0 bridgehead atoms. The van der Waals surface area contributed by atoms with Gasteiger partial charge in [0.15, 0.2) is 0 Å². The highest BCUT2D eigenvalue weighted by Gasteiger charge is 2.24. The zero-order valence-electron chi connectivity index (χ0n) is 10.8. The van der Waals surface area contributed by atoms with Gasteiger partial charge in [-0.2, -0.15) is 5.10 Å². The van der Waals surface area contributed by atoms with Crippen molar-refractivity contribution < 1.29 is 23.8 Å². The van der Waals surface area contributed by atoms with Crippen molar-refractivity contribution >= 4 is 17.6 Å². The first-order valence-electron chi connectivity index (χ1n) is 5.95. The number of aliphatic carboxylic acids is 1. The lowest BCUT2D eigenvalue weighted by Gasteiger charge is -2.22. The van der Waals surface area contributed by atoms with Crippen LogP contribution in [0.2, 0.25) is 0 Å². The number of halogens is 1. The lowest BCUT2D eigenvalue weighted by molar-refractivity contribution is -0.133. The summed E-state index contributed by atoms with van der Waals surface area (Å²) in [5, 5.41) is 13.6. The Morgan fingerprint density at radius 2 is 2.25 bits per heavy atom. The lowest BCUT2D eigenvalue weighted by Crippen LogP contribution is -2.34. The third-order valence-electron chi connectivity index (χ3n) is 2.93. The van der Waals surface area contributed by atoms with E-state index in [1.165, 1.54) is 19.2 Å². The van der Waals surface area contributed by atoms with Gasteiger partial charge in [0.1, 0.15) is 17.3 Å². The van der Waals surface area contributed by atoms with Gasteiger partial charge in [-0.3, -0.25) is 4.79 Å². The summed E-state index contributed by atoms with van der Waals surface area (Å²) in [6.07, 6.45) is 0.151. The van der Waals surface area contributed by atoms with Gasteiger partial charge in [0.05, 0.1) is 13.7 Å². The molecule has 1 aromatic carbocycles. The number of carboxylic acid groups (broad SMARTS) is 1. The highest BCUT2D eigenvalue weighted by molar-refractivity contribution is 6.36. The van der Waals surface area contributed by atoms with Crippen LogP contribution >= 0.6 is 0 Å². The molecule has 0 radical (unpaired) electrons. The number of benzene rings is 1. The number of amides is 1. The molecule has 0 fully saturated rings. The van der Waals surface area contributed by atoms with Gasteiger partial charge in [0, 0.05) is 24.5 Å². The van der Waals surface area contributed by atoms with Crippen molar-refractivity contribution in [2.45, 2.75) is 19.4 Å². The quantitative estimate of drug-likeness (QED) is 0.904. The van der Waals surface area contributed by atoms with Crippen LogP contribution in [0.4, 0.5) is 4.39 Å². The minimum atomic E-state index is -1.17. The van der Waals surface area contributed by atoms with Crippen LogP contribution in [0.15, 0.2) is 23.3 Å². The largest absolute Gasteiger partial charge is 0.497 e. The number of carbonyl (C=O) groups excluding carboxylic acids is 1. The Hall–Kier alpha value is -2.44. The average molecular weight is 280 g/mol. The maximum absolute atomic E-state index is 13.8. The third-order valence-corrected chi connectivity index (χ3v) is 2.93. The highest BCUT2D eigenvalue weighted by atomic mass is 19.1. The van der Waals surface area contributed by atoms with Crippen LogP contribution in [0.5, 0.6) is 5.75 Å². The van der Waals surface area contributed by atoms with E-state index in [1.54, 1.807) is 6.07 Å². The van der Waals surface area contributed by atoms with E-state index in [0.717, 1.165) is 5.01 Å². The number of nitrogens with zero attached hydrogens (tertiary/aromatic N) is 2. The SMILES string of the molecule is COc1ccc(CN2N=C(C(=O)O)CCC2=O)c(F)c1. The monoisotopic (exact) mass is 280 g/mol. The number of hydrogen-bond donors (Lipinski definition) is 1. The Morgan fingerprint density at radius 3 is 2.85 bits per heavy atom. The van der Waals surface area contributed by atoms with Crippen LogP contribution in [0.25, 0.3) is 0 Å². The summed E-state index contributed by atoms with van der Waals surface area (Å²) in [5.74, 6) is -1.66. The van der Waals surface area contributed by atoms with E-state index < -0.39 is 11.8 Å². The summed E-state index contributed by atoms with van der Waals surface area (Å²) < 4.78 is 18.7. The normalized spacial score (nSPS) is 15.0. The second kappa shape index (κ2) is 5.68. The molecule has 0 aliphatic carbocycles. The lowest BCUT2D eigenvalue weighted by atomic mass is 10.1. The first-order chi connectivity index (χ1) is 9.51. The van der Waals surface area contributed by atoms with Crippen LogP contribution in [0, 0.1) is 5.82 Å². The van der Waals surface area contributed by atoms with Crippen LogP contribution in [-0.4, -0.2) is 34.8 Å². The summed E-state index contributed by atoms with van der Waals surface area (Å²) in [7, 11) is 1.42. The number of ether oxygens (including phenoxy) is 1. The van der Waals surface area contributed by atoms with E-state index in [0.29, 0.717) is 5.75 Å². The molecule has 1 aliphatic rings. The van der Waals surface area contributed by atoms with Crippen molar-refractivity contribution in [1.82, 2.24) is 5.01 Å². The van der Waals surface area contributed by atoms with Gasteiger partial charge in [0.2, 0.25) is 5.91 Å². The highest BCUT2D eigenvalue weighted by Crippen LogP contribution is 2.20. The van der Waals surface area contributed by atoms with E-state index in [-0.39, 0.29) is 36.6 Å². The van der Waals surface area contributed by atoms with Gasteiger partial charge in [-0.25, -0.2) is 14.2 Å². The molecule has 1 amide bonds. The number of carboxylic acids is 1. The Labute approximate surface area is 114 Å². The Balaban J connectivity index is 2.22. The summed E-state index contributed by atoms with van der Waals surface area (Å²) in [4.78, 5) is 22.5. The third kappa shape index (κ3) is 2.93. The standard InChI is InChI=1S/C13H13FN2O4/c1-20-9-3-2-8(10(14)6-9)7-16-12(17)5-4-11(15-16)13(18)19/h2-3,6H,4-5,7H2,1H3,(H,18,19). The summed E-state index contributed by atoms with van der Waals surface area (Å²) in [6.45, 7) is -0.106. The average Bonchev–Trinajstić information content (AvgIpc) is 2.42. The fourth-order valence-corrected chi connectivity index (χ4v) is 1.82. The minimum Gasteiger partial charge on any atom is -0.497 e. The second-order valence-corrected chi connectivity index (χ2v) is 4.26. The molecular formula is C13H13FN2O4. The molecule has 1 heterocycles. The van der Waals surface area contributed by atoms with E-state index in [9.17, 15) is 14.0 Å². The fourth-order valence-electron chi connectivity index (χ4n) is 1.82. The van der Waals surface area contributed by atoms with Crippen LogP contribution in [-0.2, 0) is 16.1 Å².